The van der Waals surface area contributed by atoms with Gasteiger partial charge in [-0.05, 0) is 13.8 Å². The van der Waals surface area contributed by atoms with Crippen molar-refractivity contribution in [1.82, 2.24) is 4.90 Å². The van der Waals surface area contributed by atoms with E-state index in [9.17, 15) is 18.0 Å². The summed E-state index contributed by atoms with van der Waals surface area (Å²) >= 11 is 0. The number of ketones is 1. The lowest BCUT2D eigenvalue weighted by molar-refractivity contribution is -0.222. The summed E-state index contributed by atoms with van der Waals surface area (Å²) in [7, 11) is 0. The molecule has 1 rings (SSSR count). The van der Waals surface area contributed by atoms with E-state index in [0.717, 1.165) is 13.8 Å². The zero-order chi connectivity index (χ0) is 11.0. The molecular formula is C9H14F3NO. The molecule has 5 heteroatoms. The van der Waals surface area contributed by atoms with Crippen LogP contribution in [0.2, 0.25) is 0 Å². The number of nitrogens with zero attached hydrogens (tertiary/aromatic N) is 1. The highest BCUT2D eigenvalue weighted by molar-refractivity contribution is 5.79. The van der Waals surface area contributed by atoms with Crippen LogP contribution < -0.4 is 0 Å². The number of hydrogen-bond donors (Lipinski definition) is 0. The van der Waals surface area contributed by atoms with Gasteiger partial charge in [0.05, 0.1) is 0 Å². The molecule has 1 saturated heterocycles. The monoisotopic (exact) mass is 209 g/mol. The minimum absolute atomic E-state index is 0.0548. The van der Waals surface area contributed by atoms with Crippen LogP contribution in [0.1, 0.15) is 26.7 Å². The average Bonchev–Trinajstić information content (AvgIpc) is 2.03. The Kier molecular flexibility index (Phi) is 2.90. The third-order valence-corrected chi connectivity index (χ3v) is 2.81. The zero-order valence-electron chi connectivity index (χ0n) is 8.32. The molecule has 0 atom stereocenters. The molecule has 0 N–H and O–H groups in total. The second-order valence-electron chi connectivity index (χ2n) is 4.08. The van der Waals surface area contributed by atoms with Gasteiger partial charge in [0.2, 0.25) is 0 Å². The van der Waals surface area contributed by atoms with Gasteiger partial charge in [0, 0.05) is 25.9 Å². The van der Waals surface area contributed by atoms with Crippen LogP contribution >= 0.6 is 0 Å². The van der Waals surface area contributed by atoms with E-state index in [1.807, 2.05) is 0 Å². The van der Waals surface area contributed by atoms with Crippen molar-refractivity contribution in [3.63, 3.8) is 0 Å². The quantitative estimate of drug-likeness (QED) is 0.658. The molecule has 1 fully saturated rings. The number of rotatable bonds is 1. The van der Waals surface area contributed by atoms with Gasteiger partial charge >= 0.3 is 6.18 Å². The van der Waals surface area contributed by atoms with Crippen LogP contribution in [0.4, 0.5) is 13.2 Å². The first-order chi connectivity index (χ1) is 6.25. The van der Waals surface area contributed by atoms with Crippen LogP contribution in [-0.4, -0.2) is 35.5 Å². The van der Waals surface area contributed by atoms with Crippen molar-refractivity contribution >= 4 is 5.78 Å². The van der Waals surface area contributed by atoms with E-state index in [1.54, 1.807) is 0 Å². The predicted molar refractivity (Wildman–Crippen MR) is 45.9 cm³/mol. The Morgan fingerprint density at radius 1 is 1.14 bits per heavy atom. The SMILES string of the molecule is CC(C)(N1CCC(=O)CC1)C(F)(F)F. The predicted octanol–water partition coefficient (Wildman–Crippen LogP) is 1.99. The number of likely N-dealkylation sites (tertiary alicyclic amines) is 1. The first-order valence-corrected chi connectivity index (χ1v) is 4.58. The smallest absolute Gasteiger partial charge is 0.300 e. The highest BCUT2D eigenvalue weighted by Gasteiger charge is 2.51. The molecule has 0 radical (unpaired) electrons. The summed E-state index contributed by atoms with van der Waals surface area (Å²) in [6, 6.07) is 0. The van der Waals surface area contributed by atoms with E-state index in [-0.39, 0.29) is 31.7 Å². The van der Waals surface area contributed by atoms with Gasteiger partial charge in [-0.25, -0.2) is 0 Å². The van der Waals surface area contributed by atoms with Crippen molar-refractivity contribution in [2.45, 2.75) is 38.4 Å². The number of hydrogen-bond acceptors (Lipinski definition) is 2. The molecule has 0 aromatic rings. The Labute approximate surface area is 81.1 Å². The second kappa shape index (κ2) is 3.53. The van der Waals surface area contributed by atoms with Crippen molar-refractivity contribution in [3.8, 4) is 0 Å². The number of carbonyl (C=O) groups is 1. The number of halogens is 3. The van der Waals surface area contributed by atoms with Gasteiger partial charge in [0.1, 0.15) is 11.3 Å². The molecule has 0 aromatic heterocycles. The highest BCUT2D eigenvalue weighted by Crippen LogP contribution is 2.35. The van der Waals surface area contributed by atoms with Crippen LogP contribution in [0.3, 0.4) is 0 Å². The van der Waals surface area contributed by atoms with Crippen LogP contribution in [0, 0.1) is 0 Å². The Balaban J connectivity index is 2.69. The van der Waals surface area contributed by atoms with Crippen LogP contribution in [0.15, 0.2) is 0 Å². The molecule has 2 nitrogen and oxygen atoms in total. The maximum atomic E-state index is 12.6. The first kappa shape index (κ1) is 11.5. The van der Waals surface area contributed by atoms with E-state index >= 15 is 0 Å². The topological polar surface area (TPSA) is 20.3 Å². The lowest BCUT2D eigenvalue weighted by Crippen LogP contribution is -2.56. The number of piperidine rings is 1. The highest BCUT2D eigenvalue weighted by atomic mass is 19.4. The van der Waals surface area contributed by atoms with Gasteiger partial charge in [-0.2, -0.15) is 13.2 Å². The van der Waals surface area contributed by atoms with Crippen molar-refractivity contribution in [1.29, 1.82) is 0 Å². The Morgan fingerprint density at radius 2 is 1.57 bits per heavy atom. The molecule has 0 saturated carbocycles. The molecule has 0 aliphatic carbocycles. The molecule has 0 aromatic carbocycles. The summed E-state index contributed by atoms with van der Waals surface area (Å²) in [6.45, 7) is 2.74. The Hall–Kier alpha value is -0.580. The Morgan fingerprint density at radius 3 is 1.93 bits per heavy atom. The van der Waals surface area contributed by atoms with Crippen LogP contribution in [0.5, 0.6) is 0 Å². The van der Waals surface area contributed by atoms with Gasteiger partial charge in [-0.1, -0.05) is 0 Å². The first-order valence-electron chi connectivity index (χ1n) is 4.58. The molecular weight excluding hydrogens is 195 g/mol. The fourth-order valence-electron chi connectivity index (χ4n) is 1.49. The van der Waals surface area contributed by atoms with Gasteiger partial charge in [-0.3, -0.25) is 9.69 Å². The number of Topliss-reactive ketones (excluding diaryl/α,β-unsaturated/α-hetero) is 1. The number of alkyl halides is 3. The van der Waals surface area contributed by atoms with Crippen LogP contribution in [0.25, 0.3) is 0 Å². The molecule has 0 bridgehead atoms. The summed E-state index contributed by atoms with van der Waals surface area (Å²) in [5.74, 6) is 0.0548. The third kappa shape index (κ3) is 2.08. The Bertz CT molecular complexity index is 225. The normalized spacial score (nSPS) is 21.4. The molecule has 0 unspecified atom stereocenters. The van der Waals surface area contributed by atoms with E-state index in [0.29, 0.717) is 0 Å². The summed E-state index contributed by atoms with van der Waals surface area (Å²) in [6.07, 6.45) is -3.77. The standard InChI is InChI=1S/C9H14F3NO/c1-8(2,9(10,11)12)13-5-3-7(14)4-6-13/h3-6H2,1-2H3. The summed E-state index contributed by atoms with van der Waals surface area (Å²) in [5, 5.41) is 0. The van der Waals surface area contributed by atoms with Gasteiger partial charge in [-0.15, -0.1) is 0 Å². The van der Waals surface area contributed by atoms with Crippen molar-refractivity contribution in [2.24, 2.45) is 0 Å². The van der Waals surface area contributed by atoms with Gasteiger partial charge in [0.25, 0.3) is 0 Å². The maximum absolute atomic E-state index is 12.6. The minimum Gasteiger partial charge on any atom is -0.300 e. The van der Waals surface area contributed by atoms with Crippen molar-refractivity contribution in [2.75, 3.05) is 13.1 Å². The summed E-state index contributed by atoms with van der Waals surface area (Å²) < 4.78 is 37.8. The van der Waals surface area contributed by atoms with Crippen molar-refractivity contribution < 1.29 is 18.0 Å². The summed E-state index contributed by atoms with van der Waals surface area (Å²) in [4.78, 5) is 12.2. The fourth-order valence-corrected chi connectivity index (χ4v) is 1.49. The van der Waals surface area contributed by atoms with E-state index in [2.05, 4.69) is 0 Å². The van der Waals surface area contributed by atoms with E-state index in [4.69, 9.17) is 0 Å². The lowest BCUT2D eigenvalue weighted by atomic mass is 9.97. The van der Waals surface area contributed by atoms with E-state index in [1.165, 1.54) is 4.90 Å². The zero-order valence-corrected chi connectivity index (χ0v) is 8.32. The third-order valence-electron chi connectivity index (χ3n) is 2.81. The van der Waals surface area contributed by atoms with Crippen LogP contribution in [-0.2, 0) is 4.79 Å². The lowest BCUT2D eigenvalue weighted by Gasteiger charge is -2.41. The van der Waals surface area contributed by atoms with Gasteiger partial charge in [0.15, 0.2) is 0 Å². The molecule has 1 aliphatic heterocycles. The van der Waals surface area contributed by atoms with E-state index < -0.39 is 11.7 Å². The molecule has 1 aliphatic rings. The average molecular weight is 209 g/mol. The molecule has 1 heterocycles. The largest absolute Gasteiger partial charge is 0.406 e. The maximum Gasteiger partial charge on any atom is 0.406 e. The van der Waals surface area contributed by atoms with Gasteiger partial charge < -0.3 is 0 Å². The molecule has 0 spiro atoms. The molecule has 82 valence electrons. The summed E-state index contributed by atoms with van der Waals surface area (Å²) in [5.41, 5.74) is -1.83. The minimum atomic E-state index is -4.24. The molecule has 0 amide bonds. The van der Waals surface area contributed by atoms with Crippen molar-refractivity contribution in [3.05, 3.63) is 0 Å². The fraction of sp³-hybridized carbons (Fsp3) is 0.889. The second-order valence-corrected chi connectivity index (χ2v) is 4.08. The number of carbonyl (C=O) groups excluding carboxylic acids is 1. The molecule has 14 heavy (non-hydrogen) atoms.